The molecule has 9 heteroatoms. The van der Waals surface area contributed by atoms with E-state index in [1.807, 2.05) is 0 Å². The molecule has 0 fully saturated rings. The number of thiophene rings is 1. The molecule has 1 amide bonds. The molecule has 1 aromatic heterocycles. The lowest BCUT2D eigenvalue weighted by molar-refractivity contribution is -0.384. The van der Waals surface area contributed by atoms with E-state index in [9.17, 15) is 19.7 Å². The molecule has 0 radical (unpaired) electrons. The van der Waals surface area contributed by atoms with Crippen molar-refractivity contribution < 1.29 is 19.6 Å². The van der Waals surface area contributed by atoms with E-state index in [1.165, 1.54) is 29.5 Å². The van der Waals surface area contributed by atoms with Crippen LogP contribution in [0.1, 0.15) is 27.7 Å². The molecule has 0 aliphatic heterocycles. The SMILES string of the molecule is O=C(O)CC(NC(=O)c1cccs1)c1cc([N+](=O)[O-])ccc1Cl. The van der Waals surface area contributed by atoms with E-state index in [1.54, 1.807) is 17.5 Å². The average molecular weight is 355 g/mol. The summed E-state index contributed by atoms with van der Waals surface area (Å²) in [6.45, 7) is 0. The van der Waals surface area contributed by atoms with Crippen molar-refractivity contribution in [3.8, 4) is 0 Å². The van der Waals surface area contributed by atoms with Crippen molar-refractivity contribution in [2.45, 2.75) is 12.5 Å². The molecule has 0 aliphatic carbocycles. The highest BCUT2D eigenvalue weighted by molar-refractivity contribution is 7.12. The van der Waals surface area contributed by atoms with Gasteiger partial charge < -0.3 is 10.4 Å². The zero-order chi connectivity index (χ0) is 17.0. The third-order valence-electron chi connectivity index (χ3n) is 2.99. The summed E-state index contributed by atoms with van der Waals surface area (Å²) in [7, 11) is 0. The molecule has 0 aliphatic rings. The molecule has 0 saturated heterocycles. The van der Waals surface area contributed by atoms with Gasteiger partial charge in [0, 0.05) is 22.7 Å². The fourth-order valence-electron chi connectivity index (χ4n) is 1.96. The first kappa shape index (κ1) is 16.9. The Balaban J connectivity index is 2.34. The van der Waals surface area contributed by atoms with Crippen LogP contribution in [0.2, 0.25) is 5.02 Å². The van der Waals surface area contributed by atoms with Gasteiger partial charge in [0.25, 0.3) is 11.6 Å². The third-order valence-corrected chi connectivity index (χ3v) is 4.21. The van der Waals surface area contributed by atoms with Gasteiger partial charge in [0.15, 0.2) is 0 Å². The van der Waals surface area contributed by atoms with Gasteiger partial charge in [-0.15, -0.1) is 11.3 Å². The summed E-state index contributed by atoms with van der Waals surface area (Å²) < 4.78 is 0. The van der Waals surface area contributed by atoms with E-state index in [4.69, 9.17) is 16.7 Å². The number of benzene rings is 1. The van der Waals surface area contributed by atoms with Crippen LogP contribution in [0.4, 0.5) is 5.69 Å². The number of halogens is 1. The van der Waals surface area contributed by atoms with Gasteiger partial charge in [0.1, 0.15) is 0 Å². The molecular weight excluding hydrogens is 344 g/mol. The predicted octanol–water partition coefficient (Wildman–Crippen LogP) is 3.26. The number of carboxylic acids is 1. The van der Waals surface area contributed by atoms with Gasteiger partial charge in [-0.2, -0.15) is 0 Å². The van der Waals surface area contributed by atoms with Gasteiger partial charge in [-0.25, -0.2) is 0 Å². The Morgan fingerprint density at radius 3 is 2.70 bits per heavy atom. The molecule has 1 heterocycles. The second kappa shape index (κ2) is 7.21. The highest BCUT2D eigenvalue weighted by Gasteiger charge is 2.23. The number of hydrogen-bond donors (Lipinski definition) is 2. The van der Waals surface area contributed by atoms with Crippen LogP contribution >= 0.6 is 22.9 Å². The number of amides is 1. The Labute approximate surface area is 139 Å². The first-order chi connectivity index (χ1) is 10.9. The number of nitro groups is 1. The number of nitro benzene ring substituents is 1. The number of hydrogen-bond acceptors (Lipinski definition) is 5. The summed E-state index contributed by atoms with van der Waals surface area (Å²) in [6.07, 6.45) is -0.446. The van der Waals surface area contributed by atoms with Crippen LogP contribution in [-0.4, -0.2) is 21.9 Å². The van der Waals surface area contributed by atoms with Crippen molar-refractivity contribution >= 4 is 40.5 Å². The fraction of sp³-hybridized carbons (Fsp3) is 0.143. The van der Waals surface area contributed by atoms with Crippen LogP contribution in [-0.2, 0) is 4.79 Å². The molecule has 1 aromatic carbocycles. The minimum absolute atomic E-state index is 0.147. The maximum absolute atomic E-state index is 12.1. The molecule has 2 N–H and O–H groups in total. The number of carboxylic acid groups (broad SMARTS) is 1. The molecule has 120 valence electrons. The van der Waals surface area contributed by atoms with Crippen LogP contribution in [0.15, 0.2) is 35.7 Å². The van der Waals surface area contributed by atoms with Crippen molar-refractivity contribution in [1.82, 2.24) is 5.32 Å². The van der Waals surface area contributed by atoms with Crippen LogP contribution in [0.3, 0.4) is 0 Å². The molecule has 0 bridgehead atoms. The average Bonchev–Trinajstić information content (AvgIpc) is 3.00. The number of nitrogens with one attached hydrogen (secondary N) is 1. The lowest BCUT2D eigenvalue weighted by atomic mass is 10.0. The monoisotopic (exact) mass is 354 g/mol. The first-order valence-corrected chi connectivity index (χ1v) is 7.64. The minimum atomic E-state index is -1.16. The molecule has 2 rings (SSSR count). The fourth-order valence-corrected chi connectivity index (χ4v) is 2.84. The first-order valence-electron chi connectivity index (χ1n) is 6.38. The molecule has 0 saturated carbocycles. The maximum atomic E-state index is 12.1. The zero-order valence-corrected chi connectivity index (χ0v) is 13.1. The molecule has 7 nitrogen and oxygen atoms in total. The Kier molecular flexibility index (Phi) is 5.30. The predicted molar refractivity (Wildman–Crippen MR) is 84.9 cm³/mol. The summed E-state index contributed by atoms with van der Waals surface area (Å²) in [5.74, 6) is -1.63. The van der Waals surface area contributed by atoms with Gasteiger partial charge in [0.05, 0.1) is 22.3 Å². The van der Waals surface area contributed by atoms with E-state index in [0.29, 0.717) is 4.88 Å². The van der Waals surface area contributed by atoms with Crippen LogP contribution in [0.5, 0.6) is 0 Å². The van der Waals surface area contributed by atoms with Gasteiger partial charge in [-0.1, -0.05) is 17.7 Å². The van der Waals surface area contributed by atoms with Gasteiger partial charge in [0.2, 0.25) is 0 Å². The molecule has 2 aromatic rings. The maximum Gasteiger partial charge on any atom is 0.305 e. The quantitative estimate of drug-likeness (QED) is 0.611. The second-order valence-corrected chi connectivity index (χ2v) is 5.92. The zero-order valence-electron chi connectivity index (χ0n) is 11.6. The largest absolute Gasteiger partial charge is 0.481 e. The smallest absolute Gasteiger partial charge is 0.305 e. The van der Waals surface area contributed by atoms with Gasteiger partial charge >= 0.3 is 5.97 Å². The third kappa shape index (κ3) is 4.27. The van der Waals surface area contributed by atoms with Crippen LogP contribution < -0.4 is 5.32 Å². The molecule has 1 atom stereocenters. The van der Waals surface area contributed by atoms with E-state index in [0.717, 1.165) is 0 Å². The van der Waals surface area contributed by atoms with Gasteiger partial charge in [-0.3, -0.25) is 19.7 Å². The number of carbonyl (C=O) groups is 2. The Bertz CT molecular complexity index is 748. The topological polar surface area (TPSA) is 110 Å². The highest BCUT2D eigenvalue weighted by atomic mass is 35.5. The van der Waals surface area contributed by atoms with E-state index < -0.39 is 29.3 Å². The Morgan fingerprint density at radius 2 is 2.13 bits per heavy atom. The number of carbonyl (C=O) groups excluding carboxylic acids is 1. The number of aliphatic carboxylic acids is 1. The molecule has 23 heavy (non-hydrogen) atoms. The molecule has 1 unspecified atom stereocenters. The summed E-state index contributed by atoms with van der Waals surface area (Å²) in [4.78, 5) is 33.9. The molecule has 0 spiro atoms. The Hall–Kier alpha value is -2.45. The van der Waals surface area contributed by atoms with Crippen LogP contribution in [0, 0.1) is 10.1 Å². The standard InChI is InChI=1S/C14H11ClN2O5S/c15-10-4-3-8(17(21)22)6-9(10)11(7-13(18)19)16-14(20)12-2-1-5-23-12/h1-6,11H,7H2,(H,16,20)(H,18,19). The minimum Gasteiger partial charge on any atom is -0.481 e. The number of nitrogens with zero attached hydrogens (tertiary/aromatic N) is 1. The lowest BCUT2D eigenvalue weighted by Gasteiger charge is -2.18. The van der Waals surface area contributed by atoms with Crippen molar-refractivity contribution in [3.63, 3.8) is 0 Å². The van der Waals surface area contributed by atoms with Crippen molar-refractivity contribution in [2.75, 3.05) is 0 Å². The van der Waals surface area contributed by atoms with E-state index >= 15 is 0 Å². The van der Waals surface area contributed by atoms with Crippen molar-refractivity contribution in [2.24, 2.45) is 0 Å². The van der Waals surface area contributed by atoms with Crippen LogP contribution in [0.25, 0.3) is 0 Å². The highest BCUT2D eigenvalue weighted by Crippen LogP contribution is 2.29. The molecular formula is C14H11ClN2O5S. The van der Waals surface area contributed by atoms with Gasteiger partial charge in [-0.05, 0) is 17.5 Å². The Morgan fingerprint density at radius 1 is 1.39 bits per heavy atom. The summed E-state index contributed by atoms with van der Waals surface area (Å²) >= 11 is 7.22. The van der Waals surface area contributed by atoms with E-state index in [2.05, 4.69) is 5.32 Å². The lowest BCUT2D eigenvalue weighted by Crippen LogP contribution is -2.30. The van der Waals surface area contributed by atoms with Crippen molar-refractivity contribution in [1.29, 1.82) is 0 Å². The number of rotatable bonds is 6. The summed E-state index contributed by atoms with van der Waals surface area (Å²) in [5, 5.41) is 24.3. The summed E-state index contributed by atoms with van der Waals surface area (Å²) in [6, 6.07) is 5.99. The normalized spacial score (nSPS) is 11.7. The number of non-ortho nitro benzene ring substituents is 1. The van der Waals surface area contributed by atoms with E-state index in [-0.39, 0.29) is 16.3 Å². The second-order valence-electron chi connectivity index (χ2n) is 4.56. The summed E-state index contributed by atoms with van der Waals surface area (Å²) in [5.41, 5.74) is -0.0432. The van der Waals surface area contributed by atoms with Crippen molar-refractivity contribution in [3.05, 3.63) is 61.3 Å².